The van der Waals surface area contributed by atoms with Gasteiger partial charge in [-0.15, -0.1) is 11.3 Å². The van der Waals surface area contributed by atoms with Crippen molar-refractivity contribution in [1.82, 2.24) is 0 Å². The molecule has 0 atom stereocenters. The van der Waals surface area contributed by atoms with E-state index in [-0.39, 0.29) is 0 Å². The second-order valence-corrected chi connectivity index (χ2v) is 13.1. The summed E-state index contributed by atoms with van der Waals surface area (Å²) < 4.78 is 9.29. The topological polar surface area (TPSA) is 16.4 Å². The van der Waals surface area contributed by atoms with Gasteiger partial charge in [0.25, 0.3) is 0 Å². The van der Waals surface area contributed by atoms with Gasteiger partial charge in [-0.05, 0) is 69.6 Å². The van der Waals surface area contributed by atoms with Crippen LogP contribution in [0.2, 0.25) is 0 Å². The Kier molecular flexibility index (Phi) is 5.78. The summed E-state index contributed by atoms with van der Waals surface area (Å²) in [7, 11) is 0. The molecule has 0 aliphatic rings. The van der Waals surface area contributed by atoms with E-state index in [1.807, 2.05) is 11.3 Å². The monoisotopic (exact) mass is 617 g/mol. The molecule has 3 heteroatoms. The molecular formula is C44H27NOS. The fraction of sp³-hybridized carbons (Fsp3) is 0. The van der Waals surface area contributed by atoms with E-state index < -0.39 is 0 Å². The lowest BCUT2D eigenvalue weighted by Gasteiger charge is -2.27. The molecule has 0 amide bonds. The minimum absolute atomic E-state index is 0.886. The van der Waals surface area contributed by atoms with Gasteiger partial charge in [0.15, 0.2) is 0 Å². The maximum absolute atomic E-state index is 6.74. The molecule has 0 saturated carbocycles. The first kappa shape index (κ1) is 26.3. The predicted molar refractivity (Wildman–Crippen MR) is 202 cm³/mol. The van der Waals surface area contributed by atoms with E-state index in [0.717, 1.165) is 50.1 Å². The molecule has 2 aromatic heterocycles. The molecule has 0 radical (unpaired) electrons. The normalized spacial score (nSPS) is 11.8. The first-order chi connectivity index (χ1) is 23.3. The number of benzene rings is 8. The van der Waals surface area contributed by atoms with Crippen molar-refractivity contribution < 1.29 is 4.42 Å². The molecular weight excluding hydrogens is 591 g/mol. The van der Waals surface area contributed by atoms with E-state index in [1.54, 1.807) is 0 Å². The molecule has 10 rings (SSSR count). The summed E-state index contributed by atoms with van der Waals surface area (Å²) in [5.74, 6) is 0. The minimum Gasteiger partial charge on any atom is -0.455 e. The van der Waals surface area contributed by atoms with Crippen molar-refractivity contribution in [3.63, 3.8) is 0 Å². The number of furan rings is 1. The third-order valence-corrected chi connectivity index (χ3v) is 10.7. The van der Waals surface area contributed by atoms with Crippen molar-refractivity contribution in [2.75, 3.05) is 4.90 Å². The molecule has 0 aliphatic carbocycles. The van der Waals surface area contributed by atoms with E-state index in [1.165, 1.54) is 41.7 Å². The van der Waals surface area contributed by atoms with Gasteiger partial charge in [-0.25, -0.2) is 0 Å². The molecule has 0 saturated heterocycles. The van der Waals surface area contributed by atoms with Crippen LogP contribution in [0.3, 0.4) is 0 Å². The summed E-state index contributed by atoms with van der Waals surface area (Å²) in [6, 6.07) is 59.0. The van der Waals surface area contributed by atoms with Crippen LogP contribution in [-0.2, 0) is 0 Å². The first-order valence-corrected chi connectivity index (χ1v) is 16.7. The third kappa shape index (κ3) is 4.04. The number of hydrogen-bond acceptors (Lipinski definition) is 3. The van der Waals surface area contributed by atoms with Crippen molar-refractivity contribution in [2.24, 2.45) is 0 Å². The molecule has 2 heterocycles. The second-order valence-electron chi connectivity index (χ2n) is 12.1. The molecule has 0 aliphatic heterocycles. The van der Waals surface area contributed by atoms with Gasteiger partial charge >= 0.3 is 0 Å². The fourth-order valence-corrected chi connectivity index (χ4v) is 8.49. The Hall–Kier alpha value is -5.90. The van der Waals surface area contributed by atoms with Crippen molar-refractivity contribution >= 4 is 92.1 Å². The zero-order valence-corrected chi connectivity index (χ0v) is 26.2. The Labute approximate surface area is 275 Å². The Bertz CT molecular complexity index is 2810. The average Bonchev–Trinajstić information content (AvgIpc) is 3.72. The standard InChI is InChI=1S/C44H27NOS/c1-2-11-28(12-3-1)33-25-26-38(42-36-16-6-8-19-40(36)46-43(33)42)45(39-18-10-17-35-34-15-7-9-20-41(34)47-44(35)39)31-24-23-30-22-21-29-13-4-5-14-32(29)37(30)27-31/h1-27H. The zero-order valence-electron chi connectivity index (χ0n) is 25.4. The smallest absolute Gasteiger partial charge is 0.145 e. The quantitative estimate of drug-likeness (QED) is 0.183. The maximum atomic E-state index is 6.74. The highest BCUT2D eigenvalue weighted by molar-refractivity contribution is 7.26. The van der Waals surface area contributed by atoms with Gasteiger partial charge < -0.3 is 9.32 Å². The van der Waals surface area contributed by atoms with Gasteiger partial charge in [-0.3, -0.25) is 0 Å². The number of para-hydroxylation sites is 1. The lowest BCUT2D eigenvalue weighted by Crippen LogP contribution is -2.10. The summed E-state index contributed by atoms with van der Waals surface area (Å²) in [5.41, 5.74) is 7.36. The fourth-order valence-electron chi connectivity index (χ4n) is 7.29. The van der Waals surface area contributed by atoms with Crippen LogP contribution in [0.1, 0.15) is 0 Å². The van der Waals surface area contributed by atoms with Crippen molar-refractivity contribution in [1.29, 1.82) is 0 Å². The van der Waals surface area contributed by atoms with Crippen LogP contribution in [-0.4, -0.2) is 0 Å². The number of rotatable bonds is 4. The highest BCUT2D eigenvalue weighted by Gasteiger charge is 2.24. The molecule has 2 nitrogen and oxygen atoms in total. The highest BCUT2D eigenvalue weighted by Crippen LogP contribution is 2.50. The number of anilines is 3. The lowest BCUT2D eigenvalue weighted by molar-refractivity contribution is 0.670. The van der Waals surface area contributed by atoms with Gasteiger partial charge in [0.2, 0.25) is 0 Å². The molecule has 47 heavy (non-hydrogen) atoms. The van der Waals surface area contributed by atoms with Crippen molar-refractivity contribution in [3.8, 4) is 11.1 Å². The SMILES string of the molecule is c1ccc(-c2ccc(N(c3ccc4ccc5ccccc5c4c3)c3cccc4c3sc3ccccc34)c3c2oc2ccccc23)cc1. The number of nitrogens with zero attached hydrogens (tertiary/aromatic N) is 1. The van der Waals surface area contributed by atoms with Gasteiger partial charge in [0.05, 0.1) is 21.5 Å². The van der Waals surface area contributed by atoms with Crippen molar-refractivity contribution in [2.45, 2.75) is 0 Å². The molecule has 0 N–H and O–H groups in total. The zero-order chi connectivity index (χ0) is 30.9. The van der Waals surface area contributed by atoms with Crippen LogP contribution in [0.4, 0.5) is 17.1 Å². The molecule has 10 aromatic rings. The van der Waals surface area contributed by atoms with Crippen LogP contribution in [0.25, 0.3) is 74.8 Å². The van der Waals surface area contributed by atoms with Crippen LogP contribution >= 0.6 is 11.3 Å². The summed E-state index contributed by atoms with van der Waals surface area (Å²) in [6.45, 7) is 0. The largest absolute Gasteiger partial charge is 0.455 e. The molecule has 0 spiro atoms. The molecule has 8 aromatic carbocycles. The number of fused-ring (bicyclic) bond motifs is 9. The van der Waals surface area contributed by atoms with E-state index >= 15 is 0 Å². The highest BCUT2D eigenvalue weighted by atomic mass is 32.1. The summed E-state index contributed by atoms with van der Waals surface area (Å²) >= 11 is 1.86. The lowest BCUT2D eigenvalue weighted by atomic mass is 9.98. The molecule has 220 valence electrons. The van der Waals surface area contributed by atoms with E-state index in [0.29, 0.717) is 0 Å². The van der Waals surface area contributed by atoms with E-state index in [4.69, 9.17) is 4.42 Å². The summed E-state index contributed by atoms with van der Waals surface area (Å²) in [6.07, 6.45) is 0. The molecule has 0 bridgehead atoms. The van der Waals surface area contributed by atoms with Crippen LogP contribution in [0, 0.1) is 0 Å². The van der Waals surface area contributed by atoms with Gasteiger partial charge in [0, 0.05) is 32.1 Å². The second kappa shape index (κ2) is 10.3. The Morgan fingerprint density at radius 1 is 0.468 bits per heavy atom. The third-order valence-electron chi connectivity index (χ3n) is 9.44. The van der Waals surface area contributed by atoms with Gasteiger partial charge in [-0.2, -0.15) is 0 Å². The van der Waals surface area contributed by atoms with Crippen LogP contribution < -0.4 is 4.90 Å². The van der Waals surface area contributed by atoms with Crippen LogP contribution in [0.5, 0.6) is 0 Å². The van der Waals surface area contributed by atoms with E-state index in [2.05, 4.69) is 169 Å². The molecule has 0 fully saturated rings. The van der Waals surface area contributed by atoms with Crippen molar-refractivity contribution in [3.05, 3.63) is 164 Å². The average molecular weight is 618 g/mol. The van der Waals surface area contributed by atoms with Gasteiger partial charge in [-0.1, -0.05) is 121 Å². The minimum atomic E-state index is 0.886. The Morgan fingerprint density at radius 3 is 2.06 bits per heavy atom. The Balaban J connectivity index is 1.34. The number of thiophene rings is 1. The molecule has 0 unspecified atom stereocenters. The first-order valence-electron chi connectivity index (χ1n) is 15.9. The summed E-state index contributed by atoms with van der Waals surface area (Å²) in [5, 5.41) is 9.74. The Morgan fingerprint density at radius 2 is 1.17 bits per heavy atom. The summed E-state index contributed by atoms with van der Waals surface area (Å²) in [4.78, 5) is 2.46. The van der Waals surface area contributed by atoms with Crippen LogP contribution in [0.15, 0.2) is 168 Å². The predicted octanol–water partition coefficient (Wildman–Crippen LogP) is 13.4. The van der Waals surface area contributed by atoms with E-state index in [9.17, 15) is 0 Å². The number of hydrogen-bond donors (Lipinski definition) is 0. The maximum Gasteiger partial charge on any atom is 0.145 e. The van der Waals surface area contributed by atoms with Gasteiger partial charge in [0.1, 0.15) is 11.2 Å².